The Morgan fingerprint density at radius 3 is 2.42 bits per heavy atom. The maximum absolute atomic E-state index is 12.2. The van der Waals surface area contributed by atoms with Gasteiger partial charge < -0.3 is 10.6 Å². The van der Waals surface area contributed by atoms with Crippen LogP contribution in [0.4, 0.5) is 10.5 Å². The van der Waals surface area contributed by atoms with Crippen LogP contribution in [-0.4, -0.2) is 16.2 Å². The molecule has 4 aromatic rings. The zero-order chi connectivity index (χ0) is 17.8. The van der Waals surface area contributed by atoms with Crippen molar-refractivity contribution in [1.29, 1.82) is 0 Å². The van der Waals surface area contributed by atoms with Crippen LogP contribution in [0.1, 0.15) is 5.56 Å². The number of fused-ring (bicyclic) bond motifs is 1. The number of hydrogen-bond acceptors (Lipinski definition) is 2. The van der Waals surface area contributed by atoms with Gasteiger partial charge in [0.2, 0.25) is 0 Å². The van der Waals surface area contributed by atoms with Crippen molar-refractivity contribution in [3.8, 4) is 11.3 Å². The summed E-state index contributed by atoms with van der Waals surface area (Å²) in [5, 5.41) is 14.2. The largest absolute Gasteiger partial charge is 0.334 e. The SMILES string of the molecule is O=C(NCc1ccccc1)Nc1ccc2[nH]nc(-c3ccccc3)c2c1. The number of hydrogen-bond donors (Lipinski definition) is 3. The van der Waals surface area contributed by atoms with Crippen molar-refractivity contribution in [3.05, 3.63) is 84.4 Å². The highest BCUT2D eigenvalue weighted by Crippen LogP contribution is 2.28. The number of amides is 2. The summed E-state index contributed by atoms with van der Waals surface area (Å²) in [5.41, 5.74) is 4.61. The van der Waals surface area contributed by atoms with Gasteiger partial charge >= 0.3 is 6.03 Å². The Kier molecular flexibility index (Phi) is 4.35. The third-order valence-electron chi connectivity index (χ3n) is 4.16. The van der Waals surface area contributed by atoms with Crippen LogP contribution in [0.2, 0.25) is 0 Å². The highest BCUT2D eigenvalue weighted by molar-refractivity contribution is 5.97. The normalized spacial score (nSPS) is 10.6. The maximum atomic E-state index is 12.2. The molecule has 0 bridgehead atoms. The van der Waals surface area contributed by atoms with E-state index in [1.165, 1.54) is 0 Å². The number of nitrogens with zero attached hydrogens (tertiary/aromatic N) is 1. The highest BCUT2D eigenvalue weighted by Gasteiger charge is 2.09. The number of urea groups is 1. The van der Waals surface area contributed by atoms with Crippen molar-refractivity contribution in [2.75, 3.05) is 5.32 Å². The standard InChI is InChI=1S/C21H18N4O/c26-21(22-14-15-7-3-1-4-8-15)23-17-11-12-19-18(13-17)20(25-24-19)16-9-5-2-6-10-16/h1-13H,14H2,(H,24,25)(H2,22,23,26). The smallest absolute Gasteiger partial charge is 0.319 e. The molecule has 5 heteroatoms. The number of nitrogens with one attached hydrogen (secondary N) is 3. The van der Waals surface area contributed by atoms with Gasteiger partial charge in [-0.3, -0.25) is 5.10 Å². The molecule has 1 heterocycles. The number of anilines is 1. The van der Waals surface area contributed by atoms with Crippen LogP contribution in [0.15, 0.2) is 78.9 Å². The van der Waals surface area contributed by atoms with Crippen LogP contribution in [-0.2, 0) is 6.54 Å². The molecule has 4 rings (SSSR count). The van der Waals surface area contributed by atoms with Crippen LogP contribution in [0, 0.1) is 0 Å². The van der Waals surface area contributed by atoms with Crippen LogP contribution >= 0.6 is 0 Å². The molecule has 3 N–H and O–H groups in total. The van der Waals surface area contributed by atoms with Crippen molar-refractivity contribution >= 4 is 22.6 Å². The first kappa shape index (κ1) is 15.9. The van der Waals surface area contributed by atoms with E-state index in [9.17, 15) is 4.79 Å². The Morgan fingerprint density at radius 1 is 0.923 bits per heavy atom. The molecule has 0 aliphatic heterocycles. The lowest BCUT2D eigenvalue weighted by molar-refractivity contribution is 0.251. The Bertz CT molecular complexity index is 1030. The Labute approximate surface area is 151 Å². The van der Waals surface area contributed by atoms with Gasteiger partial charge in [-0.2, -0.15) is 5.10 Å². The second-order valence-corrected chi connectivity index (χ2v) is 5.99. The molecule has 26 heavy (non-hydrogen) atoms. The maximum Gasteiger partial charge on any atom is 0.319 e. The number of H-pyrrole nitrogens is 1. The van der Waals surface area contributed by atoms with Gasteiger partial charge in [0, 0.05) is 23.2 Å². The molecule has 0 saturated heterocycles. The summed E-state index contributed by atoms with van der Waals surface area (Å²) in [7, 11) is 0. The van der Waals surface area contributed by atoms with Crippen LogP contribution in [0.25, 0.3) is 22.2 Å². The Morgan fingerprint density at radius 2 is 1.65 bits per heavy atom. The molecule has 128 valence electrons. The summed E-state index contributed by atoms with van der Waals surface area (Å²) in [6, 6.07) is 25.2. The minimum absolute atomic E-state index is 0.238. The number of aromatic amines is 1. The topological polar surface area (TPSA) is 69.8 Å². The molecular formula is C21H18N4O. The minimum atomic E-state index is -0.238. The lowest BCUT2D eigenvalue weighted by atomic mass is 10.1. The third kappa shape index (κ3) is 3.42. The first-order valence-electron chi connectivity index (χ1n) is 8.42. The second kappa shape index (κ2) is 7.11. The van der Waals surface area contributed by atoms with Gasteiger partial charge in [-0.1, -0.05) is 60.7 Å². The van der Waals surface area contributed by atoms with Gasteiger partial charge in [-0.25, -0.2) is 4.79 Å². The van der Waals surface area contributed by atoms with Gasteiger partial charge in [0.1, 0.15) is 0 Å². The quantitative estimate of drug-likeness (QED) is 0.509. The molecule has 0 radical (unpaired) electrons. The van der Waals surface area contributed by atoms with E-state index in [2.05, 4.69) is 20.8 Å². The molecule has 0 spiro atoms. The van der Waals surface area contributed by atoms with Gasteiger partial charge in [0.05, 0.1) is 11.2 Å². The number of carbonyl (C=O) groups is 1. The summed E-state index contributed by atoms with van der Waals surface area (Å²) in [6.45, 7) is 0.482. The molecule has 0 aliphatic carbocycles. The fourth-order valence-electron chi connectivity index (χ4n) is 2.86. The molecule has 3 aromatic carbocycles. The van der Waals surface area contributed by atoms with Gasteiger partial charge in [0.25, 0.3) is 0 Å². The molecule has 5 nitrogen and oxygen atoms in total. The van der Waals surface area contributed by atoms with E-state index in [0.717, 1.165) is 33.4 Å². The summed E-state index contributed by atoms with van der Waals surface area (Å²) in [6.07, 6.45) is 0. The zero-order valence-electron chi connectivity index (χ0n) is 14.1. The van der Waals surface area contributed by atoms with Crippen molar-refractivity contribution in [1.82, 2.24) is 15.5 Å². The van der Waals surface area contributed by atoms with Crippen molar-refractivity contribution < 1.29 is 4.79 Å². The molecule has 0 saturated carbocycles. The van der Waals surface area contributed by atoms with E-state index < -0.39 is 0 Å². The van der Waals surface area contributed by atoms with Gasteiger partial charge in [-0.05, 0) is 23.8 Å². The van der Waals surface area contributed by atoms with Gasteiger partial charge in [-0.15, -0.1) is 0 Å². The first-order chi connectivity index (χ1) is 12.8. The zero-order valence-corrected chi connectivity index (χ0v) is 14.1. The summed E-state index contributed by atoms with van der Waals surface area (Å²) in [4.78, 5) is 12.2. The summed E-state index contributed by atoms with van der Waals surface area (Å²) in [5.74, 6) is 0. The lowest BCUT2D eigenvalue weighted by Gasteiger charge is -2.08. The number of benzene rings is 3. The summed E-state index contributed by atoms with van der Waals surface area (Å²) < 4.78 is 0. The molecular weight excluding hydrogens is 324 g/mol. The monoisotopic (exact) mass is 342 g/mol. The fraction of sp³-hybridized carbons (Fsp3) is 0.0476. The Balaban J connectivity index is 1.51. The molecule has 1 aromatic heterocycles. The van der Waals surface area contributed by atoms with E-state index in [4.69, 9.17) is 0 Å². The van der Waals surface area contributed by atoms with E-state index in [1.54, 1.807) is 0 Å². The lowest BCUT2D eigenvalue weighted by Crippen LogP contribution is -2.28. The molecule has 0 aliphatic rings. The van der Waals surface area contributed by atoms with Gasteiger partial charge in [0.15, 0.2) is 0 Å². The van der Waals surface area contributed by atoms with E-state index in [1.807, 2.05) is 78.9 Å². The predicted molar refractivity (Wildman–Crippen MR) is 104 cm³/mol. The van der Waals surface area contributed by atoms with Crippen LogP contribution in [0.3, 0.4) is 0 Å². The van der Waals surface area contributed by atoms with E-state index in [0.29, 0.717) is 6.54 Å². The van der Waals surface area contributed by atoms with Crippen molar-refractivity contribution in [2.45, 2.75) is 6.54 Å². The van der Waals surface area contributed by atoms with E-state index in [-0.39, 0.29) is 6.03 Å². The number of carbonyl (C=O) groups excluding carboxylic acids is 1. The number of aromatic nitrogens is 2. The minimum Gasteiger partial charge on any atom is -0.334 e. The molecule has 0 unspecified atom stereocenters. The second-order valence-electron chi connectivity index (χ2n) is 5.99. The average molecular weight is 342 g/mol. The third-order valence-corrected chi connectivity index (χ3v) is 4.16. The molecule has 2 amide bonds. The predicted octanol–water partition coefficient (Wildman–Crippen LogP) is 4.55. The van der Waals surface area contributed by atoms with Crippen LogP contribution in [0.5, 0.6) is 0 Å². The van der Waals surface area contributed by atoms with Crippen LogP contribution < -0.4 is 10.6 Å². The Hall–Kier alpha value is -3.60. The summed E-state index contributed by atoms with van der Waals surface area (Å²) >= 11 is 0. The van der Waals surface area contributed by atoms with Crippen molar-refractivity contribution in [3.63, 3.8) is 0 Å². The number of rotatable bonds is 4. The first-order valence-corrected chi connectivity index (χ1v) is 8.42. The highest BCUT2D eigenvalue weighted by atomic mass is 16.2. The van der Waals surface area contributed by atoms with E-state index >= 15 is 0 Å². The molecule has 0 atom stereocenters. The van der Waals surface area contributed by atoms with Crippen molar-refractivity contribution in [2.24, 2.45) is 0 Å². The average Bonchev–Trinajstić information content (AvgIpc) is 3.11. The fourth-order valence-corrected chi connectivity index (χ4v) is 2.86. The molecule has 0 fully saturated rings.